The molecule has 0 saturated carbocycles. The minimum atomic E-state index is -0.350. The third-order valence-electron chi connectivity index (χ3n) is 4.17. The lowest BCUT2D eigenvalue weighted by molar-refractivity contribution is -0.384. The lowest BCUT2D eigenvalue weighted by Crippen LogP contribution is -2.19. The van der Waals surface area contributed by atoms with Crippen molar-refractivity contribution in [3.63, 3.8) is 0 Å². The zero-order valence-electron chi connectivity index (χ0n) is 12.1. The molecule has 7 heteroatoms. The molecule has 2 aromatic rings. The lowest BCUT2D eigenvalue weighted by atomic mass is 10.1. The van der Waals surface area contributed by atoms with Crippen molar-refractivity contribution >= 4 is 27.3 Å². The minimum absolute atomic E-state index is 0.148. The number of ether oxygens (including phenoxy) is 2. The lowest BCUT2D eigenvalue weighted by Gasteiger charge is -2.20. The quantitative estimate of drug-likeness (QED) is 0.604. The Hall–Kier alpha value is -2.28. The number of nitrogens with zero attached hydrogens (tertiary/aromatic N) is 2. The second kappa shape index (κ2) is 5.42. The highest BCUT2D eigenvalue weighted by molar-refractivity contribution is 9.10. The first-order valence-electron chi connectivity index (χ1n) is 7.22. The summed E-state index contributed by atoms with van der Waals surface area (Å²) in [4.78, 5) is 12.8. The highest BCUT2D eigenvalue weighted by Crippen LogP contribution is 2.39. The van der Waals surface area contributed by atoms with E-state index in [1.807, 2.05) is 18.2 Å². The molecular weight excluding hydrogens is 364 g/mol. The summed E-state index contributed by atoms with van der Waals surface area (Å²) in [6.07, 6.45) is 0.819. The summed E-state index contributed by atoms with van der Waals surface area (Å²) in [6.45, 7) is 1.81. The van der Waals surface area contributed by atoms with E-state index in [4.69, 9.17) is 9.47 Å². The van der Waals surface area contributed by atoms with E-state index >= 15 is 0 Å². The molecule has 2 aromatic carbocycles. The van der Waals surface area contributed by atoms with Crippen molar-refractivity contribution in [3.05, 3.63) is 56.0 Å². The molecule has 118 valence electrons. The number of non-ortho nitro benzene ring substituents is 1. The SMILES string of the molecule is O=[N+]([O-])c1ccc2c(c1)CCN2Cc1cc2c(cc1Br)OCO2. The van der Waals surface area contributed by atoms with E-state index in [9.17, 15) is 10.1 Å². The number of nitro benzene ring substituents is 1. The monoisotopic (exact) mass is 376 g/mol. The second-order valence-electron chi connectivity index (χ2n) is 5.54. The Morgan fingerprint density at radius 1 is 1.22 bits per heavy atom. The zero-order valence-corrected chi connectivity index (χ0v) is 13.7. The number of rotatable bonds is 3. The zero-order chi connectivity index (χ0) is 16.0. The first-order valence-corrected chi connectivity index (χ1v) is 8.01. The minimum Gasteiger partial charge on any atom is -0.454 e. The fourth-order valence-corrected chi connectivity index (χ4v) is 3.47. The van der Waals surface area contributed by atoms with Gasteiger partial charge >= 0.3 is 0 Å². The molecule has 6 nitrogen and oxygen atoms in total. The Labute approximate surface area is 140 Å². The fraction of sp³-hybridized carbons (Fsp3) is 0.250. The van der Waals surface area contributed by atoms with Crippen molar-refractivity contribution in [2.24, 2.45) is 0 Å². The van der Waals surface area contributed by atoms with Gasteiger partial charge in [0.15, 0.2) is 11.5 Å². The molecule has 2 aliphatic heterocycles. The van der Waals surface area contributed by atoms with E-state index in [0.29, 0.717) is 6.54 Å². The van der Waals surface area contributed by atoms with Crippen LogP contribution < -0.4 is 14.4 Å². The van der Waals surface area contributed by atoms with E-state index in [0.717, 1.165) is 45.8 Å². The van der Waals surface area contributed by atoms with Crippen LogP contribution in [0.3, 0.4) is 0 Å². The highest BCUT2D eigenvalue weighted by atomic mass is 79.9. The van der Waals surface area contributed by atoms with E-state index in [1.165, 1.54) is 0 Å². The van der Waals surface area contributed by atoms with Gasteiger partial charge in [0.2, 0.25) is 6.79 Å². The van der Waals surface area contributed by atoms with E-state index in [-0.39, 0.29) is 17.4 Å². The first kappa shape index (κ1) is 14.3. The predicted octanol–water partition coefficient (Wildman–Crippen LogP) is 3.65. The molecule has 0 spiro atoms. The maximum atomic E-state index is 10.9. The van der Waals surface area contributed by atoms with E-state index < -0.39 is 0 Å². The van der Waals surface area contributed by atoms with Crippen LogP contribution in [0.15, 0.2) is 34.8 Å². The maximum absolute atomic E-state index is 10.9. The van der Waals surface area contributed by atoms with Crippen molar-refractivity contribution in [1.29, 1.82) is 0 Å². The predicted molar refractivity (Wildman–Crippen MR) is 88.1 cm³/mol. The molecule has 0 aromatic heterocycles. The van der Waals surface area contributed by atoms with Crippen LogP contribution in [0.2, 0.25) is 0 Å². The Balaban J connectivity index is 1.61. The van der Waals surface area contributed by atoms with Gasteiger partial charge in [0.05, 0.1) is 4.92 Å². The van der Waals surface area contributed by atoms with Gasteiger partial charge < -0.3 is 14.4 Å². The molecule has 0 fully saturated rings. The Morgan fingerprint density at radius 2 is 2.00 bits per heavy atom. The topological polar surface area (TPSA) is 64.8 Å². The molecule has 23 heavy (non-hydrogen) atoms. The van der Waals surface area contributed by atoms with Crippen LogP contribution in [0.5, 0.6) is 11.5 Å². The summed E-state index contributed by atoms with van der Waals surface area (Å²) in [5.74, 6) is 1.50. The maximum Gasteiger partial charge on any atom is 0.269 e. The van der Waals surface area contributed by atoms with E-state index in [2.05, 4.69) is 20.8 Å². The number of fused-ring (bicyclic) bond motifs is 2. The van der Waals surface area contributed by atoms with Crippen LogP contribution >= 0.6 is 15.9 Å². The molecule has 0 amide bonds. The number of halogens is 1. The average Bonchev–Trinajstić information content (AvgIpc) is 3.14. The molecule has 0 bridgehead atoms. The van der Waals surface area contributed by atoms with Crippen LogP contribution in [0.25, 0.3) is 0 Å². The average molecular weight is 377 g/mol. The van der Waals surface area contributed by atoms with Crippen LogP contribution in [0.1, 0.15) is 11.1 Å². The fourth-order valence-electron chi connectivity index (χ4n) is 3.02. The Morgan fingerprint density at radius 3 is 2.78 bits per heavy atom. The van der Waals surface area contributed by atoms with Gasteiger partial charge in [-0.25, -0.2) is 0 Å². The van der Waals surface area contributed by atoms with Gasteiger partial charge in [-0.2, -0.15) is 0 Å². The molecule has 0 N–H and O–H groups in total. The molecule has 0 aliphatic carbocycles. The Kier molecular flexibility index (Phi) is 3.37. The van der Waals surface area contributed by atoms with E-state index in [1.54, 1.807) is 12.1 Å². The van der Waals surface area contributed by atoms with Gasteiger partial charge in [-0.15, -0.1) is 0 Å². The molecule has 4 rings (SSSR count). The first-order chi connectivity index (χ1) is 11.1. The summed E-state index contributed by atoms with van der Waals surface area (Å²) >= 11 is 3.58. The van der Waals surface area contributed by atoms with Gasteiger partial charge in [0.25, 0.3) is 5.69 Å². The molecule has 0 saturated heterocycles. The van der Waals surface area contributed by atoms with Gasteiger partial charge in [-0.3, -0.25) is 10.1 Å². The summed E-state index contributed by atoms with van der Waals surface area (Å²) < 4.78 is 11.8. The van der Waals surface area contributed by atoms with Crippen molar-refractivity contribution in [3.8, 4) is 11.5 Å². The number of hydrogen-bond acceptors (Lipinski definition) is 5. The summed E-state index contributed by atoms with van der Waals surface area (Å²) in [6, 6.07) is 8.97. The van der Waals surface area contributed by atoms with Gasteiger partial charge in [-0.05, 0) is 35.7 Å². The van der Waals surface area contributed by atoms with Crippen LogP contribution in [-0.2, 0) is 13.0 Å². The van der Waals surface area contributed by atoms with Crippen LogP contribution in [0.4, 0.5) is 11.4 Å². The smallest absolute Gasteiger partial charge is 0.269 e. The Bertz CT molecular complexity index is 809. The molecule has 0 unspecified atom stereocenters. The van der Waals surface area contributed by atoms with Crippen LogP contribution in [-0.4, -0.2) is 18.3 Å². The number of hydrogen-bond donors (Lipinski definition) is 0. The number of benzene rings is 2. The second-order valence-corrected chi connectivity index (χ2v) is 6.39. The number of anilines is 1. The third kappa shape index (κ3) is 2.50. The molecule has 2 heterocycles. The third-order valence-corrected chi connectivity index (χ3v) is 4.91. The summed E-state index contributed by atoms with van der Waals surface area (Å²) in [5, 5.41) is 10.9. The van der Waals surface area contributed by atoms with Crippen molar-refractivity contribution < 1.29 is 14.4 Å². The summed E-state index contributed by atoms with van der Waals surface area (Å²) in [5.41, 5.74) is 3.33. The van der Waals surface area contributed by atoms with Gasteiger partial charge in [0.1, 0.15) is 0 Å². The van der Waals surface area contributed by atoms with Crippen molar-refractivity contribution in [2.45, 2.75) is 13.0 Å². The molecular formula is C16H13BrN2O4. The highest BCUT2D eigenvalue weighted by Gasteiger charge is 2.24. The summed E-state index contributed by atoms with van der Waals surface area (Å²) in [7, 11) is 0. The van der Waals surface area contributed by atoms with Crippen LogP contribution in [0, 0.1) is 10.1 Å². The van der Waals surface area contributed by atoms with Crippen molar-refractivity contribution in [1.82, 2.24) is 0 Å². The van der Waals surface area contributed by atoms with Crippen molar-refractivity contribution in [2.75, 3.05) is 18.2 Å². The van der Waals surface area contributed by atoms with Gasteiger partial charge in [0, 0.05) is 35.4 Å². The van der Waals surface area contributed by atoms with Gasteiger partial charge in [-0.1, -0.05) is 15.9 Å². The molecule has 0 radical (unpaired) electrons. The molecule has 2 aliphatic rings. The standard InChI is InChI=1S/C16H13BrN2O4/c17-13-7-16-15(22-9-23-16)6-11(13)8-18-4-3-10-5-12(19(20)21)1-2-14(10)18/h1-2,5-7H,3-4,8-9H2. The number of nitro groups is 1. The largest absolute Gasteiger partial charge is 0.454 e. The normalized spacial score (nSPS) is 14.9. The molecule has 0 atom stereocenters.